The normalized spacial score (nSPS) is 11.2. The summed E-state index contributed by atoms with van der Waals surface area (Å²) in [6, 6.07) is 19.1. The molecule has 0 spiro atoms. The Morgan fingerprint density at radius 3 is 2.15 bits per heavy atom. The molecule has 0 saturated carbocycles. The molecular weight excluding hydrogens is 341 g/mol. The van der Waals surface area contributed by atoms with E-state index in [1.165, 1.54) is 24.3 Å². The monoisotopic (exact) mass is 356 g/mol. The molecule has 0 aliphatic rings. The molecule has 132 valence electrons. The minimum absolute atomic E-state index is 0.0488. The molecule has 26 heavy (non-hydrogen) atoms. The number of carbonyl (C=O) groups excluding carboxylic acids is 1. The van der Waals surface area contributed by atoms with E-state index in [2.05, 4.69) is 0 Å². The number of aldehydes is 1. The van der Waals surface area contributed by atoms with Gasteiger partial charge in [0.2, 0.25) is 0 Å². The quantitative estimate of drug-likeness (QED) is 0.543. The van der Waals surface area contributed by atoms with Gasteiger partial charge in [-0.15, -0.1) is 0 Å². The van der Waals surface area contributed by atoms with Gasteiger partial charge in [-0.2, -0.15) is 13.2 Å². The Morgan fingerprint density at radius 2 is 1.46 bits per heavy atom. The van der Waals surface area contributed by atoms with Crippen LogP contribution in [0.25, 0.3) is 11.1 Å². The summed E-state index contributed by atoms with van der Waals surface area (Å²) in [6.45, 7) is 0.214. The lowest BCUT2D eigenvalue weighted by molar-refractivity contribution is -0.137. The highest BCUT2D eigenvalue weighted by atomic mass is 19.4. The fourth-order valence-electron chi connectivity index (χ4n) is 2.73. The van der Waals surface area contributed by atoms with Gasteiger partial charge in [0.25, 0.3) is 0 Å². The summed E-state index contributed by atoms with van der Waals surface area (Å²) < 4.78 is 45.6. The van der Waals surface area contributed by atoms with Crippen LogP contribution in [0.4, 0.5) is 13.2 Å². The molecule has 0 aliphatic heterocycles. The van der Waals surface area contributed by atoms with Crippen molar-refractivity contribution in [3.05, 3.63) is 89.5 Å². The Labute approximate surface area is 148 Å². The molecule has 0 saturated heterocycles. The molecule has 0 fully saturated rings. The summed E-state index contributed by atoms with van der Waals surface area (Å²) in [5.74, 6) is 0.248. The van der Waals surface area contributed by atoms with Crippen LogP contribution in [-0.2, 0) is 12.8 Å². The number of hydrogen-bond donors (Lipinski definition) is 0. The summed E-state index contributed by atoms with van der Waals surface area (Å²) in [5.41, 5.74) is 0.347. The average molecular weight is 356 g/mol. The maximum absolute atomic E-state index is 13.3. The lowest BCUT2D eigenvalue weighted by Gasteiger charge is -2.16. The van der Waals surface area contributed by atoms with Gasteiger partial charge in [-0.3, -0.25) is 4.79 Å². The highest BCUT2D eigenvalue weighted by molar-refractivity contribution is 5.91. The van der Waals surface area contributed by atoms with Crippen LogP contribution in [0.15, 0.2) is 72.8 Å². The highest BCUT2D eigenvalue weighted by Crippen LogP contribution is 2.39. The molecule has 0 aliphatic carbocycles. The first-order valence-electron chi connectivity index (χ1n) is 7.92. The van der Waals surface area contributed by atoms with Crippen LogP contribution in [-0.4, -0.2) is 6.29 Å². The SMILES string of the molecule is O=Cc1c(OCc2ccccc2)cccc1-c1ccccc1C(F)(F)F. The van der Waals surface area contributed by atoms with E-state index in [0.717, 1.165) is 11.6 Å². The number of benzene rings is 3. The predicted molar refractivity (Wildman–Crippen MR) is 93.0 cm³/mol. The van der Waals surface area contributed by atoms with Gasteiger partial charge in [0.05, 0.1) is 11.1 Å². The average Bonchev–Trinajstić information content (AvgIpc) is 2.66. The number of carbonyl (C=O) groups is 1. The van der Waals surface area contributed by atoms with Gasteiger partial charge < -0.3 is 4.74 Å². The molecule has 3 aromatic rings. The molecule has 0 unspecified atom stereocenters. The van der Waals surface area contributed by atoms with Gasteiger partial charge >= 0.3 is 6.18 Å². The van der Waals surface area contributed by atoms with Crippen molar-refractivity contribution >= 4 is 6.29 Å². The van der Waals surface area contributed by atoms with Crippen molar-refractivity contribution in [2.45, 2.75) is 12.8 Å². The molecular formula is C21H15F3O2. The van der Waals surface area contributed by atoms with Crippen LogP contribution in [0.2, 0.25) is 0 Å². The van der Waals surface area contributed by atoms with Crippen LogP contribution in [0, 0.1) is 0 Å². The van der Waals surface area contributed by atoms with Crippen LogP contribution >= 0.6 is 0 Å². The standard InChI is InChI=1S/C21H15F3O2/c22-21(23,24)19-11-5-4-9-17(19)16-10-6-12-20(18(16)13-25)26-14-15-7-2-1-3-8-15/h1-13H,14H2. The Morgan fingerprint density at radius 1 is 0.808 bits per heavy atom. The zero-order valence-electron chi connectivity index (χ0n) is 13.7. The second kappa shape index (κ2) is 7.44. The Kier molecular flexibility index (Phi) is 5.07. The van der Waals surface area contributed by atoms with E-state index in [1.807, 2.05) is 30.3 Å². The number of alkyl halides is 3. The van der Waals surface area contributed by atoms with Gasteiger partial charge in [0.1, 0.15) is 12.4 Å². The number of rotatable bonds is 5. The zero-order valence-corrected chi connectivity index (χ0v) is 13.7. The number of hydrogen-bond acceptors (Lipinski definition) is 2. The molecule has 0 aromatic heterocycles. The number of ether oxygens (including phenoxy) is 1. The third-order valence-corrected chi connectivity index (χ3v) is 3.94. The smallest absolute Gasteiger partial charge is 0.417 e. The Balaban J connectivity index is 2.01. The minimum Gasteiger partial charge on any atom is -0.488 e. The van der Waals surface area contributed by atoms with Crippen molar-refractivity contribution in [2.75, 3.05) is 0 Å². The lowest BCUT2D eigenvalue weighted by Crippen LogP contribution is -2.08. The fourth-order valence-corrected chi connectivity index (χ4v) is 2.73. The van der Waals surface area contributed by atoms with Gasteiger partial charge in [0, 0.05) is 0 Å². The highest BCUT2D eigenvalue weighted by Gasteiger charge is 2.34. The minimum atomic E-state index is -4.52. The predicted octanol–water partition coefficient (Wildman–Crippen LogP) is 5.76. The van der Waals surface area contributed by atoms with Crippen molar-refractivity contribution in [3.8, 4) is 16.9 Å². The molecule has 0 bridgehead atoms. The first kappa shape index (κ1) is 17.7. The van der Waals surface area contributed by atoms with Crippen molar-refractivity contribution in [2.24, 2.45) is 0 Å². The van der Waals surface area contributed by atoms with Crippen molar-refractivity contribution in [3.63, 3.8) is 0 Å². The van der Waals surface area contributed by atoms with Crippen LogP contribution in [0.5, 0.6) is 5.75 Å². The van der Waals surface area contributed by atoms with Gasteiger partial charge in [-0.1, -0.05) is 60.7 Å². The molecule has 5 heteroatoms. The second-order valence-electron chi connectivity index (χ2n) is 5.65. The first-order chi connectivity index (χ1) is 12.5. The summed E-state index contributed by atoms with van der Waals surface area (Å²) in [6.07, 6.45) is -3.99. The van der Waals surface area contributed by atoms with Crippen LogP contribution in [0.1, 0.15) is 21.5 Å². The number of halogens is 3. The second-order valence-corrected chi connectivity index (χ2v) is 5.65. The van der Waals surface area contributed by atoms with Crippen molar-refractivity contribution in [1.29, 1.82) is 0 Å². The Bertz CT molecular complexity index is 903. The van der Waals surface area contributed by atoms with E-state index in [9.17, 15) is 18.0 Å². The topological polar surface area (TPSA) is 26.3 Å². The van der Waals surface area contributed by atoms with Crippen LogP contribution in [0.3, 0.4) is 0 Å². The third kappa shape index (κ3) is 3.77. The molecule has 3 rings (SSSR count). The van der Waals surface area contributed by atoms with E-state index >= 15 is 0 Å². The van der Waals surface area contributed by atoms with Gasteiger partial charge in [-0.25, -0.2) is 0 Å². The maximum Gasteiger partial charge on any atom is 0.417 e. The van der Waals surface area contributed by atoms with Gasteiger partial charge in [-0.05, 0) is 28.8 Å². The van der Waals surface area contributed by atoms with E-state index in [-0.39, 0.29) is 29.0 Å². The van der Waals surface area contributed by atoms with Crippen molar-refractivity contribution in [1.82, 2.24) is 0 Å². The van der Waals surface area contributed by atoms with E-state index in [1.54, 1.807) is 12.1 Å². The lowest BCUT2D eigenvalue weighted by atomic mass is 9.95. The largest absolute Gasteiger partial charge is 0.488 e. The fraction of sp³-hybridized carbons (Fsp3) is 0.0952. The van der Waals surface area contributed by atoms with E-state index in [0.29, 0.717) is 6.29 Å². The van der Waals surface area contributed by atoms with E-state index in [4.69, 9.17) is 4.74 Å². The molecule has 2 nitrogen and oxygen atoms in total. The summed E-state index contributed by atoms with van der Waals surface area (Å²) in [7, 11) is 0. The molecule has 0 heterocycles. The molecule has 3 aromatic carbocycles. The molecule has 0 radical (unpaired) electrons. The zero-order chi connectivity index (χ0) is 18.6. The van der Waals surface area contributed by atoms with E-state index < -0.39 is 11.7 Å². The van der Waals surface area contributed by atoms with Crippen molar-refractivity contribution < 1.29 is 22.7 Å². The molecule has 0 N–H and O–H groups in total. The summed E-state index contributed by atoms with van der Waals surface area (Å²) >= 11 is 0. The Hall–Kier alpha value is -3.08. The molecule has 0 amide bonds. The maximum atomic E-state index is 13.3. The third-order valence-electron chi connectivity index (χ3n) is 3.94. The first-order valence-corrected chi connectivity index (χ1v) is 7.92. The van der Waals surface area contributed by atoms with Gasteiger partial charge in [0.15, 0.2) is 6.29 Å². The summed E-state index contributed by atoms with van der Waals surface area (Å²) in [4.78, 5) is 11.6. The summed E-state index contributed by atoms with van der Waals surface area (Å²) in [5, 5.41) is 0. The van der Waals surface area contributed by atoms with Crippen LogP contribution < -0.4 is 4.74 Å². The molecule has 0 atom stereocenters.